The van der Waals surface area contributed by atoms with Crippen LogP contribution in [0.1, 0.15) is 25.5 Å². The third-order valence-electron chi connectivity index (χ3n) is 2.78. The van der Waals surface area contributed by atoms with Crippen LogP contribution in [0.3, 0.4) is 0 Å². The minimum Gasteiger partial charge on any atom is -0.469 e. The van der Waals surface area contributed by atoms with Crippen LogP contribution in [0, 0.1) is 11.2 Å². The summed E-state index contributed by atoms with van der Waals surface area (Å²) < 4.78 is 17.8. The standard InChI is InChI=1S/C12H15ClFNO2.ClH/c1-12(2,11(16)17-3)10(15)8-6-7(14)4-5-9(8)13;/h4-6,10H,15H2,1-3H3;1H/t10-;/m0./s1. The van der Waals surface area contributed by atoms with Crippen molar-refractivity contribution in [2.24, 2.45) is 11.1 Å². The summed E-state index contributed by atoms with van der Waals surface area (Å²) in [5.74, 6) is -0.911. The molecule has 0 amide bonds. The number of carbonyl (C=O) groups excluding carboxylic acids is 1. The van der Waals surface area contributed by atoms with Crippen LogP contribution in [0.5, 0.6) is 0 Å². The molecule has 1 aromatic rings. The third-order valence-corrected chi connectivity index (χ3v) is 3.13. The van der Waals surface area contributed by atoms with E-state index < -0.39 is 23.2 Å². The molecule has 6 heteroatoms. The Morgan fingerprint density at radius 3 is 2.56 bits per heavy atom. The quantitative estimate of drug-likeness (QED) is 0.872. The molecule has 1 aromatic carbocycles. The van der Waals surface area contributed by atoms with E-state index in [-0.39, 0.29) is 12.4 Å². The normalized spacial score (nSPS) is 12.6. The molecule has 0 unspecified atom stereocenters. The second-order valence-corrected chi connectivity index (χ2v) is 4.76. The van der Waals surface area contributed by atoms with Crippen molar-refractivity contribution in [1.82, 2.24) is 0 Å². The van der Waals surface area contributed by atoms with Crippen LogP contribution in [0.2, 0.25) is 5.02 Å². The lowest BCUT2D eigenvalue weighted by atomic mass is 9.81. The summed E-state index contributed by atoms with van der Waals surface area (Å²) >= 11 is 5.95. The van der Waals surface area contributed by atoms with Gasteiger partial charge in [0.15, 0.2) is 0 Å². The maximum Gasteiger partial charge on any atom is 0.313 e. The van der Waals surface area contributed by atoms with E-state index in [2.05, 4.69) is 4.74 Å². The number of hydrogen-bond acceptors (Lipinski definition) is 3. The van der Waals surface area contributed by atoms with Gasteiger partial charge in [-0.25, -0.2) is 4.39 Å². The summed E-state index contributed by atoms with van der Waals surface area (Å²) in [7, 11) is 1.28. The molecule has 0 heterocycles. The maximum atomic E-state index is 13.1. The smallest absolute Gasteiger partial charge is 0.313 e. The number of esters is 1. The molecule has 102 valence electrons. The van der Waals surface area contributed by atoms with Gasteiger partial charge in [-0.2, -0.15) is 0 Å². The molecular weight excluding hydrogens is 280 g/mol. The van der Waals surface area contributed by atoms with Gasteiger partial charge < -0.3 is 10.5 Å². The molecular formula is C12H16Cl2FNO2. The van der Waals surface area contributed by atoms with Crippen LogP contribution in [0.25, 0.3) is 0 Å². The summed E-state index contributed by atoms with van der Waals surface area (Å²) in [6.07, 6.45) is 0. The molecule has 0 bridgehead atoms. The second kappa shape index (κ2) is 6.36. The van der Waals surface area contributed by atoms with Gasteiger partial charge in [0.25, 0.3) is 0 Å². The Labute approximate surface area is 117 Å². The molecule has 0 aliphatic heterocycles. The molecule has 0 spiro atoms. The van der Waals surface area contributed by atoms with E-state index in [0.717, 1.165) is 0 Å². The largest absolute Gasteiger partial charge is 0.469 e. The highest BCUT2D eigenvalue weighted by atomic mass is 35.5. The topological polar surface area (TPSA) is 52.3 Å². The average Bonchev–Trinajstić information content (AvgIpc) is 2.30. The minimum atomic E-state index is -0.980. The zero-order chi connectivity index (χ0) is 13.2. The number of halogens is 3. The Hall–Kier alpha value is -0.840. The summed E-state index contributed by atoms with van der Waals surface area (Å²) in [4.78, 5) is 11.6. The second-order valence-electron chi connectivity index (χ2n) is 4.36. The fourth-order valence-corrected chi connectivity index (χ4v) is 1.77. The predicted octanol–water partition coefficient (Wildman–Crippen LogP) is 3.10. The van der Waals surface area contributed by atoms with Gasteiger partial charge in [-0.15, -0.1) is 12.4 Å². The van der Waals surface area contributed by atoms with E-state index in [1.165, 1.54) is 25.3 Å². The Kier molecular flexibility index (Phi) is 6.07. The van der Waals surface area contributed by atoms with E-state index in [4.69, 9.17) is 17.3 Å². The fourth-order valence-electron chi connectivity index (χ4n) is 1.53. The monoisotopic (exact) mass is 295 g/mol. The fraction of sp³-hybridized carbons (Fsp3) is 0.417. The molecule has 0 fully saturated rings. The lowest BCUT2D eigenvalue weighted by Gasteiger charge is -2.29. The van der Waals surface area contributed by atoms with Gasteiger partial charge in [-0.3, -0.25) is 4.79 Å². The summed E-state index contributed by atoms with van der Waals surface area (Å²) in [5, 5.41) is 0.330. The van der Waals surface area contributed by atoms with E-state index in [0.29, 0.717) is 10.6 Å². The number of rotatable bonds is 3. The highest BCUT2D eigenvalue weighted by Crippen LogP contribution is 2.36. The molecule has 0 saturated carbocycles. The molecule has 0 saturated heterocycles. The van der Waals surface area contributed by atoms with E-state index in [9.17, 15) is 9.18 Å². The lowest BCUT2D eigenvalue weighted by molar-refractivity contribution is -0.152. The van der Waals surface area contributed by atoms with Gasteiger partial charge in [-0.05, 0) is 37.6 Å². The zero-order valence-corrected chi connectivity index (χ0v) is 11.9. The van der Waals surface area contributed by atoms with Crippen molar-refractivity contribution in [2.75, 3.05) is 7.11 Å². The average molecular weight is 296 g/mol. The molecule has 0 radical (unpaired) electrons. The van der Waals surface area contributed by atoms with Crippen molar-refractivity contribution < 1.29 is 13.9 Å². The third kappa shape index (κ3) is 3.34. The lowest BCUT2D eigenvalue weighted by Crippen LogP contribution is -2.37. The van der Waals surface area contributed by atoms with E-state index >= 15 is 0 Å². The van der Waals surface area contributed by atoms with Gasteiger partial charge in [0.2, 0.25) is 0 Å². The van der Waals surface area contributed by atoms with Gasteiger partial charge in [0.05, 0.1) is 12.5 Å². The minimum absolute atomic E-state index is 0. The van der Waals surface area contributed by atoms with Crippen molar-refractivity contribution in [3.63, 3.8) is 0 Å². The summed E-state index contributed by atoms with van der Waals surface area (Å²) in [6.45, 7) is 3.26. The van der Waals surface area contributed by atoms with Crippen LogP contribution in [-0.2, 0) is 9.53 Å². The van der Waals surface area contributed by atoms with Gasteiger partial charge >= 0.3 is 5.97 Å². The SMILES string of the molecule is COC(=O)C(C)(C)[C@@H](N)c1cc(F)ccc1Cl.Cl. The predicted molar refractivity (Wildman–Crippen MR) is 71.4 cm³/mol. The Morgan fingerprint density at radius 2 is 2.06 bits per heavy atom. The van der Waals surface area contributed by atoms with Crippen molar-refractivity contribution in [3.8, 4) is 0 Å². The number of methoxy groups -OCH3 is 1. The van der Waals surface area contributed by atoms with Crippen molar-refractivity contribution in [3.05, 3.63) is 34.6 Å². The highest BCUT2D eigenvalue weighted by Gasteiger charge is 2.37. The number of nitrogens with two attached hydrogens (primary N) is 1. The van der Waals surface area contributed by atoms with E-state index in [1.54, 1.807) is 13.8 Å². The Morgan fingerprint density at radius 1 is 1.50 bits per heavy atom. The Bertz CT molecular complexity index is 438. The van der Waals surface area contributed by atoms with Crippen LogP contribution in [-0.4, -0.2) is 13.1 Å². The molecule has 1 atom stereocenters. The van der Waals surface area contributed by atoms with E-state index in [1.807, 2.05) is 0 Å². The molecule has 0 aliphatic carbocycles. The molecule has 1 rings (SSSR count). The first-order chi connectivity index (χ1) is 7.80. The Balaban J connectivity index is 0.00000289. The summed E-state index contributed by atoms with van der Waals surface area (Å²) in [5.41, 5.74) is 5.38. The molecule has 2 N–H and O–H groups in total. The molecule has 0 aliphatic rings. The molecule has 0 aromatic heterocycles. The number of hydrogen-bond donors (Lipinski definition) is 1. The van der Waals surface area contributed by atoms with Crippen molar-refractivity contribution in [1.29, 1.82) is 0 Å². The number of carbonyl (C=O) groups is 1. The highest BCUT2D eigenvalue weighted by molar-refractivity contribution is 6.31. The van der Waals surface area contributed by atoms with Gasteiger partial charge in [-0.1, -0.05) is 11.6 Å². The first kappa shape index (κ1) is 17.2. The maximum absolute atomic E-state index is 13.1. The van der Waals surface area contributed by atoms with Crippen molar-refractivity contribution >= 4 is 30.0 Å². The first-order valence-electron chi connectivity index (χ1n) is 5.09. The number of benzene rings is 1. The van der Waals surface area contributed by atoms with Crippen LogP contribution in [0.15, 0.2) is 18.2 Å². The van der Waals surface area contributed by atoms with Crippen LogP contribution in [0.4, 0.5) is 4.39 Å². The zero-order valence-electron chi connectivity index (χ0n) is 10.4. The van der Waals surface area contributed by atoms with Crippen LogP contribution < -0.4 is 5.73 Å². The number of ether oxygens (including phenoxy) is 1. The molecule has 3 nitrogen and oxygen atoms in total. The van der Waals surface area contributed by atoms with Gasteiger partial charge in [0, 0.05) is 11.1 Å². The summed E-state index contributed by atoms with van der Waals surface area (Å²) in [6, 6.07) is 3.15. The van der Waals surface area contributed by atoms with Gasteiger partial charge in [0.1, 0.15) is 5.82 Å². The first-order valence-corrected chi connectivity index (χ1v) is 5.47. The van der Waals surface area contributed by atoms with Crippen molar-refractivity contribution in [2.45, 2.75) is 19.9 Å². The molecule has 18 heavy (non-hydrogen) atoms. The van der Waals surface area contributed by atoms with Crippen LogP contribution >= 0.6 is 24.0 Å².